The number of thiophene rings is 1. The van der Waals surface area contributed by atoms with E-state index in [0.29, 0.717) is 0 Å². The normalized spacial score (nSPS) is 12.6. The standard InChI is InChI=1S/C16H13Br2NS/c1-10(16-15(18)6-7-20-16)19-14-5-3-11-8-13(17)4-2-12(11)9-14/h2-10,19H,1H3. The summed E-state index contributed by atoms with van der Waals surface area (Å²) in [6.45, 7) is 2.18. The van der Waals surface area contributed by atoms with Crippen molar-refractivity contribution in [3.05, 3.63) is 61.7 Å². The smallest absolute Gasteiger partial charge is 0.0589 e. The molecule has 0 radical (unpaired) electrons. The molecule has 1 atom stereocenters. The van der Waals surface area contributed by atoms with E-state index < -0.39 is 0 Å². The first kappa shape index (κ1) is 14.1. The van der Waals surface area contributed by atoms with Crippen molar-refractivity contribution in [3.8, 4) is 0 Å². The van der Waals surface area contributed by atoms with Gasteiger partial charge in [-0.3, -0.25) is 0 Å². The minimum Gasteiger partial charge on any atom is -0.378 e. The number of fused-ring (bicyclic) bond motifs is 1. The molecule has 1 aromatic heterocycles. The highest BCUT2D eigenvalue weighted by molar-refractivity contribution is 9.10. The topological polar surface area (TPSA) is 12.0 Å². The highest BCUT2D eigenvalue weighted by Gasteiger charge is 2.10. The second-order valence-corrected chi connectivity index (χ2v) is 7.42. The molecule has 0 amide bonds. The molecule has 1 heterocycles. The Hall–Kier alpha value is -0.840. The van der Waals surface area contributed by atoms with Gasteiger partial charge in [-0.05, 0) is 69.3 Å². The number of halogens is 2. The van der Waals surface area contributed by atoms with Crippen LogP contribution in [0.15, 0.2) is 56.8 Å². The Morgan fingerprint density at radius 1 is 1.00 bits per heavy atom. The summed E-state index contributed by atoms with van der Waals surface area (Å²) in [5.41, 5.74) is 1.15. The van der Waals surface area contributed by atoms with Crippen LogP contribution in [-0.4, -0.2) is 0 Å². The van der Waals surface area contributed by atoms with Crippen LogP contribution in [0.3, 0.4) is 0 Å². The highest BCUT2D eigenvalue weighted by atomic mass is 79.9. The summed E-state index contributed by atoms with van der Waals surface area (Å²) in [5.74, 6) is 0. The van der Waals surface area contributed by atoms with Crippen molar-refractivity contribution in [2.24, 2.45) is 0 Å². The molecule has 0 saturated heterocycles. The van der Waals surface area contributed by atoms with Crippen LogP contribution < -0.4 is 5.32 Å². The van der Waals surface area contributed by atoms with Gasteiger partial charge in [0.1, 0.15) is 0 Å². The SMILES string of the molecule is CC(Nc1ccc2cc(Br)ccc2c1)c1sccc1Br. The predicted octanol–water partition coefficient (Wildman–Crippen LogP) is 6.60. The van der Waals surface area contributed by atoms with E-state index >= 15 is 0 Å². The first-order valence-corrected chi connectivity index (χ1v) is 8.79. The van der Waals surface area contributed by atoms with Crippen molar-refractivity contribution in [2.75, 3.05) is 5.32 Å². The predicted molar refractivity (Wildman–Crippen MR) is 95.7 cm³/mol. The molecule has 1 nitrogen and oxygen atoms in total. The van der Waals surface area contributed by atoms with Crippen LogP contribution in [0.5, 0.6) is 0 Å². The number of hydrogen-bond acceptors (Lipinski definition) is 2. The number of rotatable bonds is 3. The first-order chi connectivity index (χ1) is 9.63. The van der Waals surface area contributed by atoms with Crippen LogP contribution in [0.1, 0.15) is 17.8 Å². The van der Waals surface area contributed by atoms with Gasteiger partial charge in [0, 0.05) is 19.5 Å². The molecule has 3 aromatic rings. The Morgan fingerprint density at radius 3 is 2.50 bits per heavy atom. The summed E-state index contributed by atoms with van der Waals surface area (Å²) >= 11 is 8.87. The first-order valence-electron chi connectivity index (χ1n) is 6.32. The minimum absolute atomic E-state index is 0.289. The molecule has 2 aromatic carbocycles. The zero-order valence-corrected chi connectivity index (χ0v) is 14.8. The second kappa shape index (κ2) is 5.88. The quantitative estimate of drug-likeness (QED) is 0.512. The fourth-order valence-electron chi connectivity index (χ4n) is 2.24. The van der Waals surface area contributed by atoms with Crippen molar-refractivity contribution in [3.63, 3.8) is 0 Å². The Labute approximate surface area is 139 Å². The molecule has 1 N–H and O–H groups in total. The van der Waals surface area contributed by atoms with E-state index in [1.54, 1.807) is 11.3 Å². The largest absolute Gasteiger partial charge is 0.378 e. The summed E-state index contributed by atoms with van der Waals surface area (Å²) in [5, 5.41) is 8.16. The van der Waals surface area contributed by atoms with E-state index in [1.165, 1.54) is 20.1 Å². The van der Waals surface area contributed by atoms with Gasteiger partial charge in [0.15, 0.2) is 0 Å². The van der Waals surface area contributed by atoms with Crippen molar-refractivity contribution < 1.29 is 0 Å². The number of nitrogens with one attached hydrogen (secondary N) is 1. The van der Waals surface area contributed by atoms with Gasteiger partial charge >= 0.3 is 0 Å². The molecular formula is C16H13Br2NS. The summed E-state index contributed by atoms with van der Waals surface area (Å²) in [4.78, 5) is 1.32. The maximum absolute atomic E-state index is 3.59. The van der Waals surface area contributed by atoms with Gasteiger partial charge in [-0.15, -0.1) is 11.3 Å². The number of hydrogen-bond donors (Lipinski definition) is 1. The van der Waals surface area contributed by atoms with Crippen molar-refractivity contribution >= 4 is 59.7 Å². The van der Waals surface area contributed by atoms with E-state index in [1.807, 2.05) is 0 Å². The van der Waals surface area contributed by atoms with Gasteiger partial charge < -0.3 is 5.32 Å². The molecule has 0 saturated carbocycles. The third-order valence-electron chi connectivity index (χ3n) is 3.22. The summed E-state index contributed by atoms with van der Waals surface area (Å²) < 4.78 is 2.29. The van der Waals surface area contributed by atoms with Gasteiger partial charge in [0.05, 0.1) is 6.04 Å². The van der Waals surface area contributed by atoms with Crippen LogP contribution >= 0.6 is 43.2 Å². The second-order valence-electron chi connectivity index (χ2n) is 4.71. The van der Waals surface area contributed by atoms with Crippen LogP contribution in [0.25, 0.3) is 10.8 Å². The maximum atomic E-state index is 3.59. The van der Waals surface area contributed by atoms with Gasteiger partial charge in [-0.1, -0.05) is 28.1 Å². The lowest BCUT2D eigenvalue weighted by molar-refractivity contribution is 0.904. The van der Waals surface area contributed by atoms with Gasteiger partial charge in [0.2, 0.25) is 0 Å². The lowest BCUT2D eigenvalue weighted by Crippen LogP contribution is -2.05. The monoisotopic (exact) mass is 409 g/mol. The zero-order chi connectivity index (χ0) is 14.1. The van der Waals surface area contributed by atoms with Gasteiger partial charge in [-0.2, -0.15) is 0 Å². The van der Waals surface area contributed by atoms with Crippen molar-refractivity contribution in [1.29, 1.82) is 0 Å². The van der Waals surface area contributed by atoms with E-state index in [0.717, 1.165) is 10.2 Å². The van der Waals surface area contributed by atoms with Crippen LogP contribution in [0.2, 0.25) is 0 Å². The van der Waals surface area contributed by atoms with E-state index in [4.69, 9.17) is 0 Å². The van der Waals surface area contributed by atoms with Crippen LogP contribution in [0, 0.1) is 0 Å². The fraction of sp³-hybridized carbons (Fsp3) is 0.125. The molecule has 0 spiro atoms. The van der Waals surface area contributed by atoms with Gasteiger partial charge in [-0.25, -0.2) is 0 Å². The van der Waals surface area contributed by atoms with Crippen molar-refractivity contribution in [2.45, 2.75) is 13.0 Å². The average molecular weight is 411 g/mol. The summed E-state index contributed by atoms with van der Waals surface area (Å²) in [6, 6.07) is 15.2. The summed E-state index contributed by atoms with van der Waals surface area (Å²) in [6.07, 6.45) is 0. The minimum atomic E-state index is 0.289. The zero-order valence-electron chi connectivity index (χ0n) is 10.9. The molecule has 0 aliphatic rings. The van der Waals surface area contributed by atoms with E-state index in [9.17, 15) is 0 Å². The van der Waals surface area contributed by atoms with Crippen LogP contribution in [0.4, 0.5) is 5.69 Å². The van der Waals surface area contributed by atoms with E-state index in [-0.39, 0.29) is 6.04 Å². The molecule has 0 aliphatic carbocycles. The van der Waals surface area contributed by atoms with Crippen LogP contribution in [-0.2, 0) is 0 Å². The van der Waals surface area contributed by atoms with Crippen molar-refractivity contribution in [1.82, 2.24) is 0 Å². The molecular weight excluding hydrogens is 398 g/mol. The Bertz CT molecular complexity index is 751. The number of benzene rings is 2. The number of anilines is 1. The lowest BCUT2D eigenvalue weighted by Gasteiger charge is -2.15. The average Bonchev–Trinajstić information content (AvgIpc) is 2.85. The third-order valence-corrected chi connectivity index (χ3v) is 5.77. The summed E-state index contributed by atoms with van der Waals surface area (Å²) in [7, 11) is 0. The molecule has 0 fully saturated rings. The van der Waals surface area contributed by atoms with Gasteiger partial charge in [0.25, 0.3) is 0 Å². The molecule has 3 rings (SSSR count). The molecule has 20 heavy (non-hydrogen) atoms. The Balaban J connectivity index is 1.88. The molecule has 0 aliphatic heterocycles. The lowest BCUT2D eigenvalue weighted by atomic mass is 10.1. The molecule has 102 valence electrons. The Morgan fingerprint density at radius 2 is 1.75 bits per heavy atom. The van der Waals surface area contributed by atoms with E-state index in [2.05, 4.69) is 91.9 Å². The third kappa shape index (κ3) is 2.92. The maximum Gasteiger partial charge on any atom is 0.0589 e. The molecule has 1 unspecified atom stereocenters. The molecule has 0 bridgehead atoms. The highest BCUT2D eigenvalue weighted by Crippen LogP contribution is 2.32. The fourth-order valence-corrected chi connectivity index (χ4v) is 4.34. The Kier molecular flexibility index (Phi) is 4.15. The molecule has 4 heteroatoms.